The van der Waals surface area contributed by atoms with Gasteiger partial charge in [0.05, 0.1) is 18.5 Å². The number of rotatable bonds is 9. The van der Waals surface area contributed by atoms with Gasteiger partial charge >= 0.3 is 0 Å². The van der Waals surface area contributed by atoms with Crippen LogP contribution in [0.3, 0.4) is 0 Å². The van der Waals surface area contributed by atoms with Crippen molar-refractivity contribution in [2.24, 2.45) is 0 Å². The molecule has 0 saturated carbocycles. The SMILES string of the molecule is Cc1cccc(OCCNC(=O)C(C)Oc2ccc(N(C)S(C)(=O)=O)cc2)c1C. The highest BCUT2D eigenvalue weighted by Gasteiger charge is 2.15. The highest BCUT2D eigenvalue weighted by molar-refractivity contribution is 7.92. The van der Waals surface area contributed by atoms with Crippen LogP contribution >= 0.6 is 0 Å². The van der Waals surface area contributed by atoms with Crippen LogP contribution in [0.15, 0.2) is 42.5 Å². The average Bonchev–Trinajstić information content (AvgIpc) is 2.67. The summed E-state index contributed by atoms with van der Waals surface area (Å²) in [6, 6.07) is 12.4. The van der Waals surface area contributed by atoms with Crippen LogP contribution in [0.4, 0.5) is 5.69 Å². The van der Waals surface area contributed by atoms with Crippen molar-refractivity contribution in [2.45, 2.75) is 26.9 Å². The van der Waals surface area contributed by atoms with Gasteiger partial charge in [-0.15, -0.1) is 0 Å². The van der Waals surface area contributed by atoms with E-state index in [0.29, 0.717) is 24.6 Å². The topological polar surface area (TPSA) is 84.9 Å². The van der Waals surface area contributed by atoms with Crippen LogP contribution in [-0.4, -0.2) is 46.9 Å². The zero-order valence-corrected chi connectivity index (χ0v) is 18.2. The average molecular weight is 421 g/mol. The van der Waals surface area contributed by atoms with Gasteiger partial charge in [0.15, 0.2) is 6.10 Å². The summed E-state index contributed by atoms with van der Waals surface area (Å²) >= 11 is 0. The van der Waals surface area contributed by atoms with Crippen molar-refractivity contribution in [1.29, 1.82) is 0 Å². The number of hydrogen-bond donors (Lipinski definition) is 1. The number of nitrogens with one attached hydrogen (secondary N) is 1. The van der Waals surface area contributed by atoms with E-state index in [1.807, 2.05) is 32.0 Å². The monoisotopic (exact) mass is 420 g/mol. The second-order valence-corrected chi connectivity index (χ2v) is 8.84. The molecule has 0 aliphatic carbocycles. The summed E-state index contributed by atoms with van der Waals surface area (Å²) < 4.78 is 35.6. The number of hydrogen-bond acceptors (Lipinski definition) is 5. The van der Waals surface area contributed by atoms with Crippen LogP contribution in [0, 0.1) is 13.8 Å². The van der Waals surface area contributed by atoms with Gasteiger partial charge in [0.1, 0.15) is 18.1 Å². The van der Waals surface area contributed by atoms with E-state index in [-0.39, 0.29) is 5.91 Å². The fourth-order valence-electron chi connectivity index (χ4n) is 2.54. The normalized spacial score (nSPS) is 12.2. The first-order chi connectivity index (χ1) is 13.6. The van der Waals surface area contributed by atoms with Crippen molar-refractivity contribution in [3.05, 3.63) is 53.6 Å². The van der Waals surface area contributed by atoms with E-state index in [2.05, 4.69) is 5.32 Å². The molecule has 1 N–H and O–H groups in total. The highest BCUT2D eigenvalue weighted by atomic mass is 32.2. The van der Waals surface area contributed by atoms with Crippen LogP contribution in [0.2, 0.25) is 0 Å². The molecule has 0 aromatic heterocycles. The molecule has 29 heavy (non-hydrogen) atoms. The number of amides is 1. The number of ether oxygens (including phenoxy) is 2. The lowest BCUT2D eigenvalue weighted by Gasteiger charge is -2.18. The molecule has 2 aromatic rings. The minimum atomic E-state index is -3.33. The van der Waals surface area contributed by atoms with Crippen molar-refractivity contribution < 1.29 is 22.7 Å². The lowest BCUT2D eigenvalue weighted by molar-refractivity contribution is -0.127. The number of benzene rings is 2. The third-order valence-corrected chi connectivity index (χ3v) is 5.80. The van der Waals surface area contributed by atoms with E-state index in [9.17, 15) is 13.2 Å². The van der Waals surface area contributed by atoms with Gasteiger partial charge in [0.25, 0.3) is 5.91 Å². The van der Waals surface area contributed by atoms with E-state index in [0.717, 1.165) is 23.1 Å². The summed E-state index contributed by atoms with van der Waals surface area (Å²) in [7, 11) is -1.85. The predicted octanol–water partition coefficient (Wildman–Crippen LogP) is 2.66. The lowest BCUT2D eigenvalue weighted by Crippen LogP contribution is -2.38. The standard InChI is InChI=1S/C21H28N2O5S/c1-15-7-6-8-20(16(15)2)27-14-13-22-21(24)17(3)28-19-11-9-18(10-12-19)23(4)29(5,25)26/h6-12,17H,13-14H2,1-5H3,(H,22,24). The Morgan fingerprint density at radius 1 is 1.14 bits per heavy atom. The number of carbonyl (C=O) groups excluding carboxylic acids is 1. The molecule has 0 heterocycles. The Kier molecular flexibility index (Phi) is 7.50. The van der Waals surface area contributed by atoms with Gasteiger partial charge in [-0.3, -0.25) is 9.10 Å². The fourth-order valence-corrected chi connectivity index (χ4v) is 3.05. The first-order valence-electron chi connectivity index (χ1n) is 9.27. The summed E-state index contributed by atoms with van der Waals surface area (Å²) in [5.74, 6) is 1.03. The maximum Gasteiger partial charge on any atom is 0.260 e. The first-order valence-corrected chi connectivity index (χ1v) is 11.1. The van der Waals surface area contributed by atoms with Gasteiger partial charge in [-0.1, -0.05) is 12.1 Å². The van der Waals surface area contributed by atoms with Gasteiger partial charge in [-0.25, -0.2) is 8.42 Å². The molecule has 2 rings (SSSR count). The maximum absolute atomic E-state index is 12.2. The maximum atomic E-state index is 12.2. The van der Waals surface area contributed by atoms with Crippen molar-refractivity contribution in [1.82, 2.24) is 5.32 Å². The second-order valence-electron chi connectivity index (χ2n) is 6.82. The van der Waals surface area contributed by atoms with Crippen molar-refractivity contribution in [2.75, 3.05) is 30.8 Å². The molecule has 0 aliphatic heterocycles. The second kappa shape index (κ2) is 9.65. The highest BCUT2D eigenvalue weighted by Crippen LogP contribution is 2.21. The van der Waals surface area contributed by atoms with Crippen molar-refractivity contribution in [3.63, 3.8) is 0 Å². The van der Waals surface area contributed by atoms with Gasteiger partial charge in [-0.05, 0) is 62.2 Å². The number of sulfonamides is 1. The molecule has 0 aliphatic rings. The van der Waals surface area contributed by atoms with Crippen LogP contribution in [0.25, 0.3) is 0 Å². The molecule has 7 nitrogen and oxygen atoms in total. The minimum absolute atomic E-state index is 0.258. The molecule has 0 bridgehead atoms. The molecule has 0 radical (unpaired) electrons. The van der Waals surface area contributed by atoms with E-state index in [1.54, 1.807) is 31.2 Å². The zero-order chi connectivity index (χ0) is 21.6. The minimum Gasteiger partial charge on any atom is -0.491 e. The molecular formula is C21H28N2O5S. The number of nitrogens with zero attached hydrogens (tertiary/aromatic N) is 1. The summed E-state index contributed by atoms with van der Waals surface area (Å²) in [6.45, 7) is 6.39. The summed E-state index contributed by atoms with van der Waals surface area (Å²) in [5.41, 5.74) is 2.75. The Morgan fingerprint density at radius 3 is 2.41 bits per heavy atom. The molecule has 2 aromatic carbocycles. The van der Waals surface area contributed by atoms with E-state index in [4.69, 9.17) is 9.47 Å². The van der Waals surface area contributed by atoms with E-state index < -0.39 is 16.1 Å². The van der Waals surface area contributed by atoms with Crippen LogP contribution in [0.1, 0.15) is 18.1 Å². The molecule has 1 amide bonds. The third kappa shape index (κ3) is 6.39. The molecule has 0 spiro atoms. The van der Waals surface area contributed by atoms with Crippen molar-refractivity contribution >= 4 is 21.6 Å². The largest absolute Gasteiger partial charge is 0.491 e. The van der Waals surface area contributed by atoms with Gasteiger partial charge in [0.2, 0.25) is 10.0 Å². The van der Waals surface area contributed by atoms with Gasteiger partial charge in [-0.2, -0.15) is 0 Å². The Morgan fingerprint density at radius 2 is 1.79 bits per heavy atom. The fraction of sp³-hybridized carbons (Fsp3) is 0.381. The number of carbonyl (C=O) groups is 1. The van der Waals surface area contributed by atoms with Gasteiger partial charge < -0.3 is 14.8 Å². The third-order valence-electron chi connectivity index (χ3n) is 4.59. The van der Waals surface area contributed by atoms with Gasteiger partial charge in [0, 0.05) is 7.05 Å². The molecule has 0 fully saturated rings. The Hall–Kier alpha value is -2.74. The predicted molar refractivity (Wildman–Crippen MR) is 114 cm³/mol. The molecule has 8 heteroatoms. The quantitative estimate of drug-likeness (QED) is 0.631. The Balaban J connectivity index is 1.81. The number of aryl methyl sites for hydroxylation is 1. The zero-order valence-electron chi connectivity index (χ0n) is 17.4. The summed E-state index contributed by atoms with van der Waals surface area (Å²) in [6.07, 6.45) is 0.433. The van der Waals surface area contributed by atoms with E-state index in [1.165, 1.54) is 11.4 Å². The summed E-state index contributed by atoms with van der Waals surface area (Å²) in [5, 5.41) is 2.78. The number of anilines is 1. The van der Waals surface area contributed by atoms with Crippen LogP contribution in [-0.2, 0) is 14.8 Å². The molecule has 0 saturated heterocycles. The lowest BCUT2D eigenvalue weighted by atomic mass is 10.1. The summed E-state index contributed by atoms with van der Waals surface area (Å²) in [4.78, 5) is 12.2. The van der Waals surface area contributed by atoms with Crippen LogP contribution < -0.4 is 19.1 Å². The van der Waals surface area contributed by atoms with E-state index >= 15 is 0 Å². The Labute approximate surface area is 172 Å². The van der Waals surface area contributed by atoms with Crippen LogP contribution in [0.5, 0.6) is 11.5 Å². The molecular weight excluding hydrogens is 392 g/mol. The molecule has 1 unspecified atom stereocenters. The Bertz CT molecular complexity index is 942. The van der Waals surface area contributed by atoms with Crippen molar-refractivity contribution in [3.8, 4) is 11.5 Å². The molecule has 158 valence electrons. The molecule has 1 atom stereocenters. The first kappa shape index (κ1) is 22.5. The smallest absolute Gasteiger partial charge is 0.260 e.